The number of aliphatic hydroxyl groups is 1. The average molecular weight is 269 g/mol. The van der Waals surface area contributed by atoms with Gasteiger partial charge >= 0.3 is 11.7 Å². The van der Waals surface area contributed by atoms with Crippen LogP contribution in [-0.2, 0) is 0 Å². The topological polar surface area (TPSA) is 117 Å². The largest absolute Gasteiger partial charge is 0.477 e. The van der Waals surface area contributed by atoms with Crippen LogP contribution in [0, 0.1) is 10.1 Å². The molecule has 1 rings (SSSR count). The van der Waals surface area contributed by atoms with Gasteiger partial charge < -0.3 is 15.1 Å². The molecule has 0 aromatic carbocycles. The van der Waals surface area contributed by atoms with Crippen molar-refractivity contribution in [2.24, 2.45) is 0 Å². The Morgan fingerprint density at radius 1 is 1.63 bits per heavy atom. The van der Waals surface area contributed by atoms with Crippen molar-refractivity contribution in [3.05, 3.63) is 27.9 Å². The molecule has 1 unspecified atom stereocenters. The second-order valence-electron chi connectivity index (χ2n) is 4.18. The van der Waals surface area contributed by atoms with E-state index in [9.17, 15) is 20.0 Å². The molecule has 2 N–H and O–H groups in total. The van der Waals surface area contributed by atoms with Crippen LogP contribution in [0.15, 0.2) is 12.3 Å². The van der Waals surface area contributed by atoms with E-state index in [1.807, 2.05) is 0 Å². The Labute approximate surface area is 109 Å². The molecule has 1 heterocycles. The first-order valence-electron chi connectivity index (χ1n) is 5.60. The first-order valence-corrected chi connectivity index (χ1v) is 5.60. The van der Waals surface area contributed by atoms with E-state index in [0.29, 0.717) is 18.8 Å². The molecule has 8 nitrogen and oxygen atoms in total. The molecule has 1 atom stereocenters. The van der Waals surface area contributed by atoms with Gasteiger partial charge in [-0.15, -0.1) is 0 Å². The number of aromatic carboxylic acids is 1. The molecule has 0 saturated carbocycles. The third-order valence-corrected chi connectivity index (χ3v) is 2.57. The molecule has 1 aromatic heterocycles. The van der Waals surface area contributed by atoms with Crippen LogP contribution in [0.3, 0.4) is 0 Å². The zero-order chi connectivity index (χ0) is 14.6. The monoisotopic (exact) mass is 269 g/mol. The molecule has 0 radical (unpaired) electrons. The van der Waals surface area contributed by atoms with Crippen molar-refractivity contribution in [1.29, 1.82) is 0 Å². The Hall–Kier alpha value is -2.22. The van der Waals surface area contributed by atoms with Crippen LogP contribution in [0.2, 0.25) is 0 Å². The minimum absolute atomic E-state index is 0.309. The summed E-state index contributed by atoms with van der Waals surface area (Å²) in [5.41, 5.74) is -0.945. The number of nitrogens with zero attached hydrogens (tertiary/aromatic N) is 3. The Bertz CT molecular complexity index is 489. The highest BCUT2D eigenvalue weighted by Crippen LogP contribution is 2.22. The molecular formula is C11H15N3O5. The third-order valence-electron chi connectivity index (χ3n) is 2.57. The van der Waals surface area contributed by atoms with Crippen molar-refractivity contribution >= 4 is 17.5 Å². The molecule has 0 fully saturated rings. The number of hydrogen-bond donors (Lipinski definition) is 2. The van der Waals surface area contributed by atoms with Crippen molar-refractivity contribution in [1.82, 2.24) is 4.98 Å². The summed E-state index contributed by atoms with van der Waals surface area (Å²) < 4.78 is 0. The number of carboxylic acid groups (broad SMARTS) is 1. The number of hydrogen-bond acceptors (Lipinski definition) is 6. The van der Waals surface area contributed by atoms with Gasteiger partial charge in [0, 0.05) is 19.7 Å². The number of aromatic nitrogens is 1. The number of carbonyl (C=O) groups is 1. The van der Waals surface area contributed by atoms with Gasteiger partial charge in [-0.1, -0.05) is 0 Å². The fourth-order valence-electron chi connectivity index (χ4n) is 1.46. The Balaban J connectivity index is 3.01. The zero-order valence-electron chi connectivity index (χ0n) is 10.6. The lowest BCUT2D eigenvalue weighted by molar-refractivity contribution is -0.385. The van der Waals surface area contributed by atoms with Gasteiger partial charge in [0.1, 0.15) is 17.6 Å². The normalized spacial score (nSPS) is 11.9. The summed E-state index contributed by atoms with van der Waals surface area (Å²) in [7, 11) is 1.67. The summed E-state index contributed by atoms with van der Waals surface area (Å²) in [5, 5.41) is 28.8. The number of nitro groups is 1. The van der Waals surface area contributed by atoms with Crippen LogP contribution in [-0.4, -0.2) is 45.8 Å². The molecule has 0 saturated heterocycles. The standard InChI is InChI=1S/C11H15N3O5/c1-7(15)3-4-13(2)10-5-8(11(16)17)9(6-12-10)14(18)19/h5-7,15H,3-4H2,1-2H3,(H,16,17). The Morgan fingerprint density at radius 3 is 2.74 bits per heavy atom. The van der Waals surface area contributed by atoms with E-state index < -0.39 is 28.2 Å². The summed E-state index contributed by atoms with van der Waals surface area (Å²) in [6, 6.07) is 1.16. The van der Waals surface area contributed by atoms with Gasteiger partial charge in [0.15, 0.2) is 0 Å². The van der Waals surface area contributed by atoms with Crippen molar-refractivity contribution in [3.8, 4) is 0 Å². The van der Waals surface area contributed by atoms with Crippen molar-refractivity contribution in [2.45, 2.75) is 19.4 Å². The minimum Gasteiger partial charge on any atom is -0.477 e. The smallest absolute Gasteiger partial charge is 0.342 e. The average Bonchev–Trinajstić information content (AvgIpc) is 2.34. The van der Waals surface area contributed by atoms with E-state index in [2.05, 4.69) is 4.98 Å². The molecule has 104 valence electrons. The summed E-state index contributed by atoms with van der Waals surface area (Å²) in [6.07, 6.45) is 0.925. The molecule has 0 spiro atoms. The maximum Gasteiger partial charge on any atom is 0.342 e. The van der Waals surface area contributed by atoms with Gasteiger partial charge in [0.2, 0.25) is 0 Å². The van der Waals surface area contributed by atoms with E-state index in [0.717, 1.165) is 12.3 Å². The van der Waals surface area contributed by atoms with Gasteiger partial charge in [0.25, 0.3) is 0 Å². The highest BCUT2D eigenvalue weighted by atomic mass is 16.6. The van der Waals surface area contributed by atoms with Crippen LogP contribution >= 0.6 is 0 Å². The minimum atomic E-state index is -1.38. The van der Waals surface area contributed by atoms with Crippen LogP contribution in [0.25, 0.3) is 0 Å². The summed E-state index contributed by atoms with van der Waals surface area (Å²) in [4.78, 5) is 26.4. The Morgan fingerprint density at radius 2 is 2.26 bits per heavy atom. The summed E-state index contributed by atoms with van der Waals surface area (Å²) in [5.74, 6) is -1.07. The van der Waals surface area contributed by atoms with E-state index in [1.165, 1.54) is 0 Å². The van der Waals surface area contributed by atoms with Crippen LogP contribution in [0.5, 0.6) is 0 Å². The first-order chi connectivity index (χ1) is 8.82. The molecule has 0 aliphatic carbocycles. The van der Waals surface area contributed by atoms with E-state index in [4.69, 9.17) is 5.11 Å². The predicted octanol–water partition coefficient (Wildman–Crippen LogP) is 0.895. The zero-order valence-corrected chi connectivity index (χ0v) is 10.6. The SMILES string of the molecule is CC(O)CCN(C)c1cc(C(=O)O)c([N+](=O)[O-])cn1. The number of pyridine rings is 1. The van der Waals surface area contributed by atoms with Gasteiger partial charge in [0.05, 0.1) is 11.0 Å². The highest BCUT2D eigenvalue weighted by Gasteiger charge is 2.22. The molecule has 19 heavy (non-hydrogen) atoms. The second kappa shape index (κ2) is 6.10. The third kappa shape index (κ3) is 3.88. The lowest BCUT2D eigenvalue weighted by Crippen LogP contribution is -2.23. The molecule has 0 aliphatic heterocycles. The fourth-order valence-corrected chi connectivity index (χ4v) is 1.46. The molecule has 0 amide bonds. The number of carboxylic acids is 1. The van der Waals surface area contributed by atoms with Gasteiger partial charge in [-0.05, 0) is 13.3 Å². The van der Waals surface area contributed by atoms with E-state index in [-0.39, 0.29) is 0 Å². The quantitative estimate of drug-likeness (QED) is 0.581. The Kier molecular flexibility index (Phi) is 4.76. The lowest BCUT2D eigenvalue weighted by Gasteiger charge is -2.19. The van der Waals surface area contributed by atoms with Gasteiger partial charge in [-0.2, -0.15) is 0 Å². The lowest BCUT2D eigenvalue weighted by atomic mass is 10.2. The first kappa shape index (κ1) is 14.8. The molecular weight excluding hydrogens is 254 g/mol. The molecule has 1 aromatic rings. The second-order valence-corrected chi connectivity index (χ2v) is 4.18. The maximum absolute atomic E-state index is 11.0. The predicted molar refractivity (Wildman–Crippen MR) is 67.4 cm³/mol. The number of rotatable bonds is 6. The maximum atomic E-state index is 11.0. The summed E-state index contributed by atoms with van der Waals surface area (Å²) >= 11 is 0. The van der Waals surface area contributed by atoms with Crippen LogP contribution < -0.4 is 4.90 Å². The summed E-state index contributed by atoms with van der Waals surface area (Å²) in [6.45, 7) is 2.10. The van der Waals surface area contributed by atoms with Gasteiger partial charge in [-0.3, -0.25) is 10.1 Å². The van der Waals surface area contributed by atoms with E-state index >= 15 is 0 Å². The highest BCUT2D eigenvalue weighted by molar-refractivity contribution is 5.93. The van der Waals surface area contributed by atoms with Crippen LogP contribution in [0.1, 0.15) is 23.7 Å². The van der Waals surface area contributed by atoms with Crippen molar-refractivity contribution in [3.63, 3.8) is 0 Å². The molecule has 8 heteroatoms. The van der Waals surface area contributed by atoms with Crippen molar-refractivity contribution < 1.29 is 19.9 Å². The van der Waals surface area contributed by atoms with Crippen molar-refractivity contribution in [2.75, 3.05) is 18.5 Å². The molecule has 0 bridgehead atoms. The van der Waals surface area contributed by atoms with Gasteiger partial charge in [-0.25, -0.2) is 9.78 Å². The van der Waals surface area contributed by atoms with Crippen LogP contribution in [0.4, 0.5) is 11.5 Å². The number of aliphatic hydroxyl groups excluding tert-OH is 1. The number of anilines is 1. The fraction of sp³-hybridized carbons (Fsp3) is 0.455. The molecule has 0 aliphatic rings. The van der Waals surface area contributed by atoms with E-state index in [1.54, 1.807) is 18.9 Å².